The molecule has 198 valence electrons. The molecule has 2 N–H and O–H groups in total. The molecule has 0 aromatic carbocycles. The number of H-pyrrole nitrogens is 1. The summed E-state index contributed by atoms with van der Waals surface area (Å²) in [7, 11) is 0. The van der Waals surface area contributed by atoms with E-state index in [-0.39, 0.29) is 64.3 Å². The number of aromatic amines is 1. The predicted molar refractivity (Wildman–Crippen MR) is 126 cm³/mol. The van der Waals surface area contributed by atoms with Crippen LogP contribution in [0.25, 0.3) is 28.1 Å². The molecule has 0 aliphatic heterocycles. The van der Waals surface area contributed by atoms with E-state index in [1.807, 2.05) is 0 Å². The molecule has 4 heterocycles. The van der Waals surface area contributed by atoms with Gasteiger partial charge in [0.2, 0.25) is 5.82 Å². The van der Waals surface area contributed by atoms with Gasteiger partial charge in [-0.3, -0.25) is 9.89 Å². The van der Waals surface area contributed by atoms with Gasteiger partial charge in [-0.2, -0.15) is 18.3 Å². The van der Waals surface area contributed by atoms with Crippen molar-refractivity contribution in [3.63, 3.8) is 0 Å². The van der Waals surface area contributed by atoms with Crippen LogP contribution in [0.3, 0.4) is 0 Å². The molecule has 4 aromatic rings. The Morgan fingerprint density at radius 3 is 2.79 bits per heavy atom. The number of hydrogen-bond donors (Lipinski definition) is 2. The van der Waals surface area contributed by atoms with Crippen LogP contribution >= 0.6 is 0 Å². The number of nitrogens with one attached hydrogen (secondary N) is 2. The second-order valence-electron chi connectivity index (χ2n) is 10.3. The topological polar surface area (TPSA) is 110 Å². The average molecular weight is 529 g/mol. The zero-order valence-corrected chi connectivity index (χ0v) is 20.2. The first kappa shape index (κ1) is 23.4. The van der Waals surface area contributed by atoms with Gasteiger partial charge in [0.1, 0.15) is 22.7 Å². The number of aromatic nitrogens is 6. The highest BCUT2D eigenvalue weighted by Crippen LogP contribution is 2.64. The lowest BCUT2D eigenvalue weighted by Gasteiger charge is -2.47. The highest BCUT2D eigenvalue weighted by atomic mass is 19.4. The number of pyridine rings is 1. The molecule has 4 fully saturated rings. The number of anilines is 1. The molecule has 6 atom stereocenters. The number of carbonyl (C=O) groups excluding carboxylic acids is 1. The van der Waals surface area contributed by atoms with E-state index in [2.05, 4.69) is 30.6 Å². The van der Waals surface area contributed by atoms with Crippen molar-refractivity contribution in [2.24, 2.45) is 29.6 Å². The lowest BCUT2D eigenvalue weighted by molar-refractivity contribution is -0.155. The van der Waals surface area contributed by atoms with E-state index in [1.54, 1.807) is 6.92 Å². The number of nitrogens with zero attached hydrogens (tertiary/aromatic N) is 5. The molecule has 4 saturated carbocycles. The highest BCUT2D eigenvalue weighted by Gasteiger charge is 2.63. The Morgan fingerprint density at radius 2 is 2.00 bits per heavy atom. The fourth-order valence-corrected chi connectivity index (χ4v) is 6.84. The number of ether oxygens (including phenoxy) is 1. The smallest absolute Gasteiger partial charge is 0.433 e. The molecule has 2 bridgehead atoms. The second kappa shape index (κ2) is 8.11. The first-order valence-corrected chi connectivity index (χ1v) is 12.6. The van der Waals surface area contributed by atoms with Crippen LogP contribution in [-0.2, 0) is 15.7 Å². The largest absolute Gasteiger partial charge is 0.466 e. The van der Waals surface area contributed by atoms with Gasteiger partial charge in [0.05, 0.1) is 24.1 Å². The Kier molecular flexibility index (Phi) is 4.99. The van der Waals surface area contributed by atoms with Crippen LogP contribution in [0.2, 0.25) is 0 Å². The molecule has 38 heavy (non-hydrogen) atoms. The predicted octanol–water partition coefficient (Wildman–Crippen LogP) is 4.46. The SMILES string of the molecule is CCOC(=O)[C@H]1[C@H](Nc2nc(-c3[nH]nc4ncc(F)cc34)nn3c(C(F)(F)F)ccc23)[C@@H]2CC[C@H]1C1CC12. The third-order valence-electron chi connectivity index (χ3n) is 8.40. The molecular formula is C25H23F4N7O2. The summed E-state index contributed by atoms with van der Waals surface area (Å²) in [6.07, 6.45) is -0.775. The normalized spacial score (nSPS) is 28.0. The average Bonchev–Trinajstić information content (AvgIpc) is 3.42. The standard InChI is InChI=1S/C25H23F4N7O2/c1-2-38-24(37)18-11-3-4-12(14-8-13(11)14)19(18)31-22-16-5-6-17(25(27,28)29)36(16)35-23(32-22)20-15-7-10(26)9-30-21(15)34-33-20/h5-7,9,11-14,18-19H,2-4,8H2,1H3,(H,30,33,34)(H,31,32,35)/t11-,12+,13?,14?,18+,19+/m0/s1. The van der Waals surface area contributed by atoms with Crippen molar-refractivity contribution >= 4 is 28.3 Å². The Balaban J connectivity index is 1.38. The number of carbonyl (C=O) groups is 1. The minimum Gasteiger partial charge on any atom is -0.466 e. The summed E-state index contributed by atoms with van der Waals surface area (Å²) in [5.74, 6) is 0.0240. The van der Waals surface area contributed by atoms with Crippen LogP contribution in [-0.4, -0.2) is 48.4 Å². The van der Waals surface area contributed by atoms with Gasteiger partial charge in [-0.1, -0.05) is 0 Å². The Labute approximate surface area is 213 Å². The van der Waals surface area contributed by atoms with E-state index in [9.17, 15) is 22.4 Å². The molecule has 8 rings (SSSR count). The quantitative estimate of drug-likeness (QED) is 0.290. The summed E-state index contributed by atoms with van der Waals surface area (Å²) in [6, 6.07) is 3.08. The minimum atomic E-state index is -4.68. The first-order chi connectivity index (χ1) is 18.2. The Morgan fingerprint density at radius 1 is 1.21 bits per heavy atom. The maximum absolute atomic E-state index is 14.0. The van der Waals surface area contributed by atoms with E-state index >= 15 is 0 Å². The van der Waals surface area contributed by atoms with Crippen LogP contribution in [0.5, 0.6) is 0 Å². The zero-order chi connectivity index (χ0) is 26.3. The Hall–Kier alpha value is -3.77. The van der Waals surface area contributed by atoms with Crippen LogP contribution in [0.15, 0.2) is 24.4 Å². The van der Waals surface area contributed by atoms with Crippen molar-refractivity contribution in [2.75, 3.05) is 11.9 Å². The number of esters is 1. The van der Waals surface area contributed by atoms with Crippen LogP contribution in [0.4, 0.5) is 23.4 Å². The minimum absolute atomic E-state index is 0.116. The maximum Gasteiger partial charge on any atom is 0.433 e. The second-order valence-corrected chi connectivity index (χ2v) is 10.3. The number of halogens is 4. The molecule has 0 radical (unpaired) electrons. The van der Waals surface area contributed by atoms with E-state index in [0.29, 0.717) is 11.8 Å². The molecule has 2 unspecified atom stereocenters. The lowest BCUT2D eigenvalue weighted by atomic mass is 9.61. The van der Waals surface area contributed by atoms with E-state index in [1.165, 1.54) is 12.1 Å². The molecule has 0 saturated heterocycles. The molecule has 4 aliphatic carbocycles. The van der Waals surface area contributed by atoms with Crippen LogP contribution in [0, 0.1) is 35.4 Å². The number of fused-ring (bicyclic) bond motifs is 4. The van der Waals surface area contributed by atoms with Crippen LogP contribution < -0.4 is 5.32 Å². The van der Waals surface area contributed by atoms with Gasteiger partial charge in [0.15, 0.2) is 11.5 Å². The summed E-state index contributed by atoms with van der Waals surface area (Å²) in [4.78, 5) is 21.6. The maximum atomic E-state index is 14.0. The number of rotatable bonds is 5. The van der Waals surface area contributed by atoms with Crippen molar-refractivity contribution in [3.05, 3.63) is 35.9 Å². The van der Waals surface area contributed by atoms with E-state index in [4.69, 9.17) is 4.74 Å². The summed E-state index contributed by atoms with van der Waals surface area (Å²) in [5.41, 5.74) is -0.560. The third-order valence-corrected chi connectivity index (χ3v) is 8.40. The zero-order valence-electron chi connectivity index (χ0n) is 20.2. The number of hydrogen-bond acceptors (Lipinski definition) is 7. The molecule has 0 amide bonds. The molecule has 9 nitrogen and oxygen atoms in total. The summed E-state index contributed by atoms with van der Waals surface area (Å²) in [5, 5.41) is 14.5. The first-order valence-electron chi connectivity index (χ1n) is 12.6. The molecule has 13 heteroatoms. The molecular weight excluding hydrogens is 506 g/mol. The van der Waals surface area contributed by atoms with Crippen molar-refractivity contribution in [1.82, 2.24) is 29.8 Å². The van der Waals surface area contributed by atoms with Gasteiger partial charge >= 0.3 is 12.1 Å². The Bertz CT molecular complexity index is 1580. The lowest BCUT2D eigenvalue weighted by Crippen LogP contribution is -2.53. The van der Waals surface area contributed by atoms with Crippen molar-refractivity contribution in [2.45, 2.75) is 38.4 Å². The molecule has 0 spiro atoms. The third kappa shape index (κ3) is 3.47. The van der Waals surface area contributed by atoms with Gasteiger partial charge < -0.3 is 10.1 Å². The monoisotopic (exact) mass is 529 g/mol. The van der Waals surface area contributed by atoms with Gasteiger partial charge in [-0.15, -0.1) is 5.10 Å². The molecule has 4 aliphatic rings. The fourth-order valence-electron chi connectivity index (χ4n) is 6.84. The van der Waals surface area contributed by atoms with Crippen molar-refractivity contribution < 1.29 is 27.1 Å². The summed E-state index contributed by atoms with van der Waals surface area (Å²) >= 11 is 0. The summed E-state index contributed by atoms with van der Waals surface area (Å²) < 4.78 is 61.9. The van der Waals surface area contributed by atoms with Gasteiger partial charge in [-0.05, 0) is 68.1 Å². The molecule has 4 aromatic heterocycles. The van der Waals surface area contributed by atoms with Gasteiger partial charge in [0, 0.05) is 6.04 Å². The van der Waals surface area contributed by atoms with E-state index < -0.39 is 23.6 Å². The van der Waals surface area contributed by atoms with Crippen molar-refractivity contribution in [3.8, 4) is 11.5 Å². The van der Waals surface area contributed by atoms with Crippen molar-refractivity contribution in [1.29, 1.82) is 0 Å². The van der Waals surface area contributed by atoms with E-state index in [0.717, 1.165) is 36.0 Å². The van der Waals surface area contributed by atoms with Crippen LogP contribution in [0.1, 0.15) is 31.9 Å². The highest BCUT2D eigenvalue weighted by molar-refractivity contribution is 5.89. The van der Waals surface area contributed by atoms with Gasteiger partial charge in [-0.25, -0.2) is 18.9 Å². The number of alkyl halides is 3. The summed E-state index contributed by atoms with van der Waals surface area (Å²) in [6.45, 7) is 2.01. The fraction of sp³-hybridized carbons (Fsp3) is 0.480. The van der Waals surface area contributed by atoms with Gasteiger partial charge in [0.25, 0.3) is 0 Å².